The smallest absolute Gasteiger partial charge is 0.339 e. The van der Waals surface area contributed by atoms with Gasteiger partial charge in [-0.3, -0.25) is 0 Å². The minimum Gasteiger partial charge on any atom is -0.465 e. The normalized spacial score (nSPS) is 10.0. The molecule has 1 rings (SSSR count). The Balaban J connectivity index is 3.44. The molecular weight excluding hydrogens is 242 g/mol. The van der Waals surface area contributed by atoms with Crippen LogP contribution in [-0.4, -0.2) is 18.1 Å². The zero-order valence-electron chi connectivity index (χ0n) is 8.00. The topological polar surface area (TPSA) is 63.0 Å². The summed E-state index contributed by atoms with van der Waals surface area (Å²) in [5.74, 6) is -0.897. The molecule has 1 aromatic heterocycles. The lowest BCUT2D eigenvalue weighted by Gasteiger charge is -2.07. The first kappa shape index (κ1) is 12.3. The maximum absolute atomic E-state index is 12.5. The van der Waals surface area contributed by atoms with Crippen LogP contribution in [0.2, 0.25) is 5.02 Å². The summed E-state index contributed by atoms with van der Waals surface area (Å²) in [6.07, 6.45) is -2.97. The molecule has 0 atom stereocenters. The van der Waals surface area contributed by atoms with Crippen LogP contribution in [0.15, 0.2) is 6.07 Å². The van der Waals surface area contributed by atoms with E-state index in [2.05, 4.69) is 9.72 Å². The molecular formula is C9H5ClF2N2O2. The Kier molecular flexibility index (Phi) is 3.74. The third-order valence-electron chi connectivity index (χ3n) is 1.71. The number of hydrogen-bond donors (Lipinski definition) is 0. The molecule has 0 N–H and O–H groups in total. The molecule has 0 amide bonds. The first-order valence-corrected chi connectivity index (χ1v) is 4.36. The summed E-state index contributed by atoms with van der Waals surface area (Å²) >= 11 is 5.55. The number of rotatable bonds is 2. The Bertz CT molecular complexity index is 471. The maximum Gasteiger partial charge on any atom is 0.339 e. The summed E-state index contributed by atoms with van der Waals surface area (Å²) in [4.78, 5) is 14.5. The molecule has 0 aromatic carbocycles. The summed E-state index contributed by atoms with van der Waals surface area (Å²) in [6.45, 7) is 0. The fraction of sp³-hybridized carbons (Fsp3) is 0.222. The SMILES string of the molecule is COC(=O)c1cc(C#N)nc(C(F)F)c1Cl. The van der Waals surface area contributed by atoms with Crippen LogP contribution in [-0.2, 0) is 4.74 Å². The molecule has 0 saturated heterocycles. The molecule has 0 unspecified atom stereocenters. The number of carbonyl (C=O) groups is 1. The second-order valence-corrected chi connectivity index (χ2v) is 3.04. The van der Waals surface area contributed by atoms with Crippen molar-refractivity contribution in [2.75, 3.05) is 7.11 Å². The molecule has 0 spiro atoms. The third-order valence-corrected chi connectivity index (χ3v) is 2.11. The van der Waals surface area contributed by atoms with Gasteiger partial charge in [-0.1, -0.05) is 11.6 Å². The van der Waals surface area contributed by atoms with E-state index in [0.29, 0.717) is 0 Å². The van der Waals surface area contributed by atoms with Gasteiger partial charge in [0.05, 0.1) is 17.7 Å². The number of pyridine rings is 1. The summed E-state index contributed by atoms with van der Waals surface area (Å²) in [5, 5.41) is 8.06. The van der Waals surface area contributed by atoms with E-state index in [9.17, 15) is 13.6 Å². The largest absolute Gasteiger partial charge is 0.465 e. The average Bonchev–Trinajstić information content (AvgIpc) is 2.28. The number of alkyl halides is 2. The van der Waals surface area contributed by atoms with Crippen molar-refractivity contribution in [1.29, 1.82) is 5.26 Å². The van der Waals surface area contributed by atoms with E-state index in [-0.39, 0.29) is 11.3 Å². The van der Waals surface area contributed by atoms with Crippen molar-refractivity contribution in [1.82, 2.24) is 4.98 Å². The highest BCUT2D eigenvalue weighted by Crippen LogP contribution is 2.29. The van der Waals surface area contributed by atoms with Crippen molar-refractivity contribution < 1.29 is 18.3 Å². The van der Waals surface area contributed by atoms with Crippen LogP contribution in [0.3, 0.4) is 0 Å². The lowest BCUT2D eigenvalue weighted by molar-refractivity contribution is 0.0600. The lowest BCUT2D eigenvalue weighted by atomic mass is 10.2. The van der Waals surface area contributed by atoms with Crippen molar-refractivity contribution in [2.45, 2.75) is 6.43 Å². The minimum absolute atomic E-state index is 0.300. The first-order valence-electron chi connectivity index (χ1n) is 3.98. The number of carbonyl (C=O) groups excluding carboxylic acids is 1. The Morgan fingerprint density at radius 3 is 2.75 bits per heavy atom. The van der Waals surface area contributed by atoms with Gasteiger partial charge in [0.25, 0.3) is 6.43 Å². The van der Waals surface area contributed by atoms with E-state index in [0.717, 1.165) is 13.2 Å². The number of nitrogens with zero attached hydrogens (tertiary/aromatic N) is 2. The van der Waals surface area contributed by atoms with Gasteiger partial charge in [-0.25, -0.2) is 18.6 Å². The van der Waals surface area contributed by atoms with Gasteiger partial charge in [0.15, 0.2) is 0 Å². The van der Waals surface area contributed by atoms with Crippen molar-refractivity contribution in [2.24, 2.45) is 0 Å². The van der Waals surface area contributed by atoms with Gasteiger partial charge in [-0.15, -0.1) is 0 Å². The summed E-state index contributed by atoms with van der Waals surface area (Å²) < 4.78 is 29.3. The first-order chi connectivity index (χ1) is 7.51. The van der Waals surface area contributed by atoms with Crippen LogP contribution in [0.4, 0.5) is 8.78 Å². The molecule has 1 aromatic rings. The molecule has 84 valence electrons. The molecule has 16 heavy (non-hydrogen) atoms. The molecule has 0 fully saturated rings. The molecule has 4 nitrogen and oxygen atoms in total. The fourth-order valence-corrected chi connectivity index (χ4v) is 1.27. The number of aromatic nitrogens is 1. The summed E-state index contributed by atoms with van der Waals surface area (Å²) in [5.41, 5.74) is -1.42. The van der Waals surface area contributed by atoms with E-state index in [1.807, 2.05) is 0 Å². The second kappa shape index (κ2) is 4.86. The summed E-state index contributed by atoms with van der Waals surface area (Å²) in [7, 11) is 1.08. The van der Waals surface area contributed by atoms with Gasteiger partial charge in [-0.05, 0) is 6.07 Å². The van der Waals surface area contributed by atoms with E-state index in [1.54, 1.807) is 6.07 Å². The van der Waals surface area contributed by atoms with Crippen LogP contribution in [0.5, 0.6) is 0 Å². The van der Waals surface area contributed by atoms with Crippen molar-refractivity contribution in [3.63, 3.8) is 0 Å². The lowest BCUT2D eigenvalue weighted by Crippen LogP contribution is -2.07. The monoisotopic (exact) mass is 246 g/mol. The highest BCUT2D eigenvalue weighted by molar-refractivity contribution is 6.34. The molecule has 0 saturated carbocycles. The molecule has 0 radical (unpaired) electrons. The molecule has 0 aliphatic carbocycles. The van der Waals surface area contributed by atoms with Gasteiger partial charge in [0.2, 0.25) is 0 Å². The van der Waals surface area contributed by atoms with E-state index in [1.165, 1.54) is 0 Å². The Morgan fingerprint density at radius 1 is 1.69 bits per heavy atom. The Hall–Kier alpha value is -1.74. The minimum atomic E-state index is -2.97. The Labute approximate surface area is 94.4 Å². The maximum atomic E-state index is 12.5. The number of nitriles is 1. The zero-order chi connectivity index (χ0) is 12.3. The van der Waals surface area contributed by atoms with E-state index >= 15 is 0 Å². The van der Waals surface area contributed by atoms with Gasteiger partial charge in [0.1, 0.15) is 17.5 Å². The predicted molar refractivity (Wildman–Crippen MR) is 50.3 cm³/mol. The Morgan fingerprint density at radius 2 is 2.31 bits per heavy atom. The summed E-state index contributed by atoms with van der Waals surface area (Å²) in [6, 6.07) is 2.56. The molecule has 0 aliphatic rings. The number of hydrogen-bond acceptors (Lipinski definition) is 4. The average molecular weight is 247 g/mol. The predicted octanol–water partition coefficient (Wildman–Crippen LogP) is 2.33. The van der Waals surface area contributed by atoms with Gasteiger partial charge in [-0.2, -0.15) is 5.26 Å². The number of methoxy groups -OCH3 is 1. The second-order valence-electron chi connectivity index (χ2n) is 2.66. The van der Waals surface area contributed by atoms with Gasteiger partial charge >= 0.3 is 5.97 Å². The van der Waals surface area contributed by atoms with Crippen molar-refractivity contribution >= 4 is 17.6 Å². The number of halogens is 3. The van der Waals surface area contributed by atoms with Gasteiger partial charge < -0.3 is 4.74 Å². The van der Waals surface area contributed by atoms with Crippen LogP contribution in [0, 0.1) is 11.3 Å². The molecule has 0 aliphatic heterocycles. The van der Waals surface area contributed by atoms with E-state index < -0.39 is 23.1 Å². The number of ether oxygens (including phenoxy) is 1. The highest BCUT2D eigenvalue weighted by atomic mass is 35.5. The molecule has 1 heterocycles. The molecule has 7 heteroatoms. The van der Waals surface area contributed by atoms with Gasteiger partial charge in [0, 0.05) is 0 Å². The van der Waals surface area contributed by atoms with Crippen LogP contribution < -0.4 is 0 Å². The van der Waals surface area contributed by atoms with Crippen LogP contribution in [0.1, 0.15) is 28.2 Å². The highest BCUT2D eigenvalue weighted by Gasteiger charge is 2.22. The quantitative estimate of drug-likeness (QED) is 0.752. The van der Waals surface area contributed by atoms with Crippen molar-refractivity contribution in [3.05, 3.63) is 28.0 Å². The van der Waals surface area contributed by atoms with Crippen LogP contribution in [0.25, 0.3) is 0 Å². The van der Waals surface area contributed by atoms with Crippen molar-refractivity contribution in [3.8, 4) is 6.07 Å². The molecule has 0 bridgehead atoms. The third kappa shape index (κ3) is 2.25. The number of esters is 1. The standard InChI is InChI=1S/C9H5ClF2N2O2/c1-16-9(15)5-2-4(3-13)14-7(6(5)10)8(11)12/h2,8H,1H3. The fourth-order valence-electron chi connectivity index (χ4n) is 1.01. The van der Waals surface area contributed by atoms with Crippen LogP contribution >= 0.6 is 11.6 Å². The van der Waals surface area contributed by atoms with E-state index in [4.69, 9.17) is 16.9 Å². The zero-order valence-corrected chi connectivity index (χ0v) is 8.76.